The number of hydrogen-bond acceptors (Lipinski definition) is 6. The summed E-state index contributed by atoms with van der Waals surface area (Å²) in [5.74, 6) is 1.09. The number of amides is 1. The van der Waals surface area contributed by atoms with Crippen molar-refractivity contribution in [3.63, 3.8) is 0 Å². The van der Waals surface area contributed by atoms with Crippen LogP contribution in [0.4, 0.5) is 10.6 Å². The van der Waals surface area contributed by atoms with Crippen molar-refractivity contribution in [2.75, 3.05) is 26.0 Å². The Morgan fingerprint density at radius 3 is 2.82 bits per heavy atom. The first-order valence-corrected chi connectivity index (χ1v) is 9.40. The van der Waals surface area contributed by atoms with E-state index in [1.807, 2.05) is 19.9 Å². The number of aromatic nitrogens is 3. The summed E-state index contributed by atoms with van der Waals surface area (Å²) in [6, 6.07) is 5.33. The monoisotopic (exact) mass is 385 g/mol. The first-order chi connectivity index (χ1) is 13.4. The average Bonchev–Trinajstić information content (AvgIpc) is 3.14. The van der Waals surface area contributed by atoms with Gasteiger partial charge in [-0.25, -0.2) is 14.8 Å². The molecule has 0 aliphatic rings. The fourth-order valence-electron chi connectivity index (χ4n) is 3.15. The van der Waals surface area contributed by atoms with Gasteiger partial charge in [0.2, 0.25) is 0 Å². The molecule has 1 aromatic carbocycles. The second-order valence-electron chi connectivity index (χ2n) is 7.30. The number of rotatable bonds is 7. The molecule has 1 amide bonds. The maximum Gasteiger partial charge on any atom is 0.415 e. The van der Waals surface area contributed by atoms with Crippen molar-refractivity contribution in [2.45, 2.75) is 33.2 Å². The summed E-state index contributed by atoms with van der Waals surface area (Å²) in [6.07, 6.45) is 2.08. The van der Waals surface area contributed by atoms with Gasteiger partial charge in [0.15, 0.2) is 0 Å². The molecular weight excluding hydrogens is 358 g/mol. The lowest BCUT2D eigenvalue weighted by atomic mass is 10.1. The zero-order valence-corrected chi connectivity index (χ0v) is 16.7. The van der Waals surface area contributed by atoms with Gasteiger partial charge in [0, 0.05) is 37.8 Å². The molecule has 3 N–H and O–H groups in total. The fraction of sp³-hybridized carbons (Fsp3) is 0.450. The molecule has 0 radical (unpaired) electrons. The van der Waals surface area contributed by atoms with E-state index in [-0.39, 0.29) is 12.1 Å². The van der Waals surface area contributed by atoms with Crippen LogP contribution < -0.4 is 10.5 Å². The predicted molar refractivity (Wildman–Crippen MR) is 109 cm³/mol. The molecule has 8 nitrogen and oxygen atoms in total. The van der Waals surface area contributed by atoms with Crippen LogP contribution in [0.15, 0.2) is 24.5 Å². The molecule has 3 rings (SSSR count). The number of imidazole rings is 1. The highest BCUT2D eigenvalue weighted by Crippen LogP contribution is 2.28. The topological polar surface area (TPSA) is 106 Å². The van der Waals surface area contributed by atoms with Gasteiger partial charge in [-0.3, -0.25) is 0 Å². The highest BCUT2D eigenvalue weighted by atomic mass is 16.6. The Kier molecular flexibility index (Phi) is 5.99. The minimum Gasteiger partial charge on any atom is -0.410 e. The smallest absolute Gasteiger partial charge is 0.410 e. The predicted octanol–water partition coefficient (Wildman–Crippen LogP) is 3.58. The number of hydrogen-bond donors (Lipinski definition) is 2. The summed E-state index contributed by atoms with van der Waals surface area (Å²) in [5, 5.41) is 0.846. The number of benzene rings is 1. The van der Waals surface area contributed by atoms with Crippen LogP contribution in [0.25, 0.3) is 21.9 Å². The summed E-state index contributed by atoms with van der Waals surface area (Å²) in [6.45, 7) is 7.32. The Labute approximate surface area is 164 Å². The van der Waals surface area contributed by atoms with E-state index in [1.54, 1.807) is 30.5 Å². The van der Waals surface area contributed by atoms with Gasteiger partial charge in [-0.1, -0.05) is 6.92 Å². The lowest BCUT2D eigenvalue weighted by Crippen LogP contribution is -2.41. The number of carbonyl (C=O) groups is 1. The number of nitrogens with one attached hydrogen (secondary N) is 1. The minimum absolute atomic E-state index is 0.0235. The van der Waals surface area contributed by atoms with E-state index in [4.69, 9.17) is 15.2 Å². The van der Waals surface area contributed by atoms with Crippen molar-refractivity contribution >= 4 is 33.8 Å². The minimum atomic E-state index is -0.382. The number of nitrogens with two attached hydrogens (primary N) is 1. The summed E-state index contributed by atoms with van der Waals surface area (Å²) >= 11 is 0. The molecule has 0 spiro atoms. The Bertz CT molecular complexity index is 969. The second-order valence-corrected chi connectivity index (χ2v) is 7.30. The summed E-state index contributed by atoms with van der Waals surface area (Å²) in [5.41, 5.74) is 8.07. The normalized spacial score (nSPS) is 12.6. The Morgan fingerprint density at radius 2 is 2.11 bits per heavy atom. The number of carbonyl (C=O) groups excluding carboxylic acids is 1. The van der Waals surface area contributed by atoms with Crippen molar-refractivity contribution in [3.05, 3.63) is 24.5 Å². The van der Waals surface area contributed by atoms with E-state index in [1.165, 1.54) is 0 Å². The van der Waals surface area contributed by atoms with E-state index < -0.39 is 0 Å². The van der Waals surface area contributed by atoms with Crippen LogP contribution >= 0.6 is 0 Å². The van der Waals surface area contributed by atoms with Crippen LogP contribution in [0.2, 0.25) is 0 Å². The molecule has 1 atom stereocenters. The first kappa shape index (κ1) is 19.9. The molecule has 0 aliphatic carbocycles. The number of pyridine rings is 1. The number of anilines is 1. The number of ether oxygens (including phenoxy) is 2. The molecule has 0 bridgehead atoms. The van der Waals surface area contributed by atoms with Gasteiger partial charge < -0.3 is 25.1 Å². The van der Waals surface area contributed by atoms with E-state index in [0.717, 1.165) is 17.3 Å². The standard InChI is InChI=1S/C20H27N5O3/c1-12(2)25(10-13(3)7-8-27-4)20(26)28-14-5-6-15-16(9-14)24-19(21)18-17(15)22-11-23-18/h5-6,9,11-13H,7-8,10H2,1-4H3,(H2,21,24)(H,22,23). The van der Waals surface area contributed by atoms with Crippen molar-refractivity contribution in [2.24, 2.45) is 5.92 Å². The molecule has 8 heteroatoms. The average molecular weight is 385 g/mol. The van der Waals surface area contributed by atoms with Gasteiger partial charge in [0.05, 0.1) is 11.8 Å². The van der Waals surface area contributed by atoms with Gasteiger partial charge in [-0.15, -0.1) is 0 Å². The van der Waals surface area contributed by atoms with Crippen LogP contribution in [0.5, 0.6) is 5.75 Å². The molecular formula is C20H27N5O3. The van der Waals surface area contributed by atoms with Crippen LogP contribution in [-0.2, 0) is 4.74 Å². The number of H-pyrrole nitrogens is 1. The second kappa shape index (κ2) is 8.43. The van der Waals surface area contributed by atoms with Crippen LogP contribution in [-0.4, -0.2) is 52.2 Å². The Hall–Kier alpha value is -2.87. The highest BCUT2D eigenvalue weighted by Gasteiger charge is 2.22. The fourth-order valence-corrected chi connectivity index (χ4v) is 3.15. The zero-order valence-electron chi connectivity index (χ0n) is 16.7. The molecule has 2 aromatic heterocycles. The molecule has 1 unspecified atom stereocenters. The first-order valence-electron chi connectivity index (χ1n) is 9.40. The number of aromatic amines is 1. The Morgan fingerprint density at radius 1 is 1.32 bits per heavy atom. The van der Waals surface area contributed by atoms with Gasteiger partial charge in [0.25, 0.3) is 0 Å². The molecule has 3 aromatic rings. The number of nitrogen functional groups attached to an aromatic ring is 1. The van der Waals surface area contributed by atoms with E-state index in [9.17, 15) is 4.79 Å². The van der Waals surface area contributed by atoms with E-state index in [2.05, 4.69) is 21.9 Å². The van der Waals surface area contributed by atoms with Gasteiger partial charge in [-0.2, -0.15) is 0 Å². The lowest BCUT2D eigenvalue weighted by molar-refractivity contribution is 0.120. The molecule has 0 saturated heterocycles. The molecule has 28 heavy (non-hydrogen) atoms. The third-order valence-electron chi connectivity index (χ3n) is 4.75. The SMILES string of the molecule is COCCC(C)CN(C(=O)Oc1ccc2c(c1)nc(N)c1[nH]cnc12)C(C)C. The number of nitrogens with zero attached hydrogens (tertiary/aromatic N) is 3. The summed E-state index contributed by atoms with van der Waals surface area (Å²) < 4.78 is 10.8. The summed E-state index contributed by atoms with van der Waals surface area (Å²) in [4.78, 5) is 26.2. The molecule has 150 valence electrons. The molecule has 0 fully saturated rings. The van der Waals surface area contributed by atoms with E-state index >= 15 is 0 Å². The van der Waals surface area contributed by atoms with Crippen molar-refractivity contribution in [1.82, 2.24) is 19.9 Å². The Balaban J connectivity index is 1.79. The maximum absolute atomic E-state index is 12.7. The third-order valence-corrected chi connectivity index (χ3v) is 4.75. The van der Waals surface area contributed by atoms with Gasteiger partial charge in [0.1, 0.15) is 22.6 Å². The van der Waals surface area contributed by atoms with Crippen molar-refractivity contribution in [1.29, 1.82) is 0 Å². The summed E-state index contributed by atoms with van der Waals surface area (Å²) in [7, 11) is 1.68. The number of methoxy groups -OCH3 is 1. The molecule has 0 saturated carbocycles. The van der Waals surface area contributed by atoms with Crippen LogP contribution in [0, 0.1) is 5.92 Å². The van der Waals surface area contributed by atoms with Crippen molar-refractivity contribution < 1.29 is 14.3 Å². The molecule has 0 aliphatic heterocycles. The van der Waals surface area contributed by atoms with Gasteiger partial charge in [-0.05, 0) is 38.3 Å². The zero-order chi connectivity index (χ0) is 20.3. The van der Waals surface area contributed by atoms with Crippen LogP contribution in [0.1, 0.15) is 27.2 Å². The third kappa shape index (κ3) is 4.17. The van der Waals surface area contributed by atoms with Crippen LogP contribution in [0.3, 0.4) is 0 Å². The molecule has 2 heterocycles. The lowest BCUT2D eigenvalue weighted by Gasteiger charge is -2.28. The number of fused-ring (bicyclic) bond motifs is 3. The largest absolute Gasteiger partial charge is 0.415 e. The van der Waals surface area contributed by atoms with Gasteiger partial charge >= 0.3 is 6.09 Å². The van der Waals surface area contributed by atoms with E-state index in [0.29, 0.717) is 41.7 Å². The highest BCUT2D eigenvalue weighted by molar-refractivity contribution is 6.06. The quantitative estimate of drug-likeness (QED) is 0.644. The van der Waals surface area contributed by atoms with Crippen molar-refractivity contribution in [3.8, 4) is 5.75 Å². The maximum atomic E-state index is 12.7.